The fourth-order valence-corrected chi connectivity index (χ4v) is 3.82. The smallest absolute Gasteiger partial charge is 0.408 e. The molecule has 2 atom stereocenters. The van der Waals surface area contributed by atoms with Crippen molar-refractivity contribution >= 4 is 29.3 Å². The van der Waals surface area contributed by atoms with Crippen LogP contribution in [0.4, 0.5) is 4.79 Å². The Bertz CT molecular complexity index is 825. The van der Waals surface area contributed by atoms with Crippen LogP contribution in [0.3, 0.4) is 0 Å². The fourth-order valence-electron chi connectivity index (χ4n) is 3.50. The third-order valence-electron chi connectivity index (χ3n) is 4.92. The molecule has 0 heterocycles. The summed E-state index contributed by atoms with van der Waals surface area (Å²) in [5.74, 6) is 0. The molecule has 2 aromatic carbocycles. The normalized spacial score (nSPS) is 13.7. The predicted octanol–water partition coefficient (Wildman–Crippen LogP) is 4.88. The predicted molar refractivity (Wildman–Crippen MR) is 123 cm³/mol. The van der Waals surface area contributed by atoms with Crippen molar-refractivity contribution in [3.8, 4) is 0 Å². The third kappa shape index (κ3) is 7.17. The largest absolute Gasteiger partial charge is 0.465 e. The standard InChI is InChI=1S/C23H30Cl2N2O3/c1-23(2,3)27(22(29)30)20(14-16-7-5-4-6-8-16)21(28)15-26-12-11-17-9-10-18(24)19(25)13-17/h4-10,13,20-21,26,28H,11-12,14-15H2,1-3H3,(H,29,30)/t20-,21-/m0/s1. The second-order valence-corrected chi connectivity index (χ2v) is 9.16. The van der Waals surface area contributed by atoms with E-state index < -0.39 is 23.8 Å². The number of nitrogens with one attached hydrogen (secondary N) is 1. The Morgan fingerprint density at radius 3 is 2.30 bits per heavy atom. The highest BCUT2D eigenvalue weighted by atomic mass is 35.5. The second kappa shape index (κ2) is 11.0. The molecule has 0 unspecified atom stereocenters. The van der Waals surface area contributed by atoms with Crippen molar-refractivity contribution in [2.24, 2.45) is 0 Å². The van der Waals surface area contributed by atoms with E-state index >= 15 is 0 Å². The van der Waals surface area contributed by atoms with Crippen LogP contribution in [0.2, 0.25) is 10.0 Å². The minimum Gasteiger partial charge on any atom is -0.465 e. The molecule has 0 fully saturated rings. The van der Waals surface area contributed by atoms with E-state index in [4.69, 9.17) is 23.2 Å². The zero-order valence-corrected chi connectivity index (χ0v) is 19.1. The molecule has 0 bridgehead atoms. The monoisotopic (exact) mass is 452 g/mol. The van der Waals surface area contributed by atoms with Crippen LogP contribution in [-0.2, 0) is 12.8 Å². The van der Waals surface area contributed by atoms with E-state index in [1.165, 1.54) is 4.90 Å². The molecule has 0 radical (unpaired) electrons. The molecule has 3 N–H and O–H groups in total. The summed E-state index contributed by atoms with van der Waals surface area (Å²) in [4.78, 5) is 13.4. The van der Waals surface area contributed by atoms with Gasteiger partial charge in [0.15, 0.2) is 0 Å². The first-order chi connectivity index (χ1) is 14.1. The van der Waals surface area contributed by atoms with E-state index in [0.29, 0.717) is 23.0 Å². The molecule has 2 rings (SSSR count). The van der Waals surface area contributed by atoms with E-state index in [9.17, 15) is 15.0 Å². The second-order valence-electron chi connectivity index (χ2n) is 8.35. The van der Waals surface area contributed by atoms with Crippen molar-refractivity contribution in [1.82, 2.24) is 10.2 Å². The highest BCUT2D eigenvalue weighted by Gasteiger charge is 2.37. The van der Waals surface area contributed by atoms with Crippen LogP contribution in [-0.4, -0.2) is 52.0 Å². The number of carbonyl (C=O) groups is 1. The average Bonchev–Trinajstić information content (AvgIpc) is 2.66. The van der Waals surface area contributed by atoms with Gasteiger partial charge in [-0.25, -0.2) is 4.79 Å². The molecule has 164 valence electrons. The van der Waals surface area contributed by atoms with Crippen LogP contribution in [0, 0.1) is 0 Å². The molecular formula is C23H30Cl2N2O3. The molecule has 0 aliphatic rings. The summed E-state index contributed by atoms with van der Waals surface area (Å²) in [6.07, 6.45) is -0.762. The van der Waals surface area contributed by atoms with Crippen molar-refractivity contribution < 1.29 is 15.0 Å². The zero-order chi connectivity index (χ0) is 22.3. The Kier molecular flexibility index (Phi) is 8.98. The summed E-state index contributed by atoms with van der Waals surface area (Å²) in [5.41, 5.74) is 1.37. The third-order valence-corrected chi connectivity index (χ3v) is 5.66. The van der Waals surface area contributed by atoms with Crippen molar-refractivity contribution in [3.05, 3.63) is 69.7 Å². The van der Waals surface area contributed by atoms with Crippen LogP contribution in [0.1, 0.15) is 31.9 Å². The number of aliphatic hydroxyl groups excluding tert-OH is 1. The molecule has 30 heavy (non-hydrogen) atoms. The number of aliphatic hydroxyl groups is 1. The Balaban J connectivity index is 2.04. The number of halogens is 2. The van der Waals surface area contributed by atoms with Gasteiger partial charge < -0.3 is 15.5 Å². The topological polar surface area (TPSA) is 72.8 Å². The van der Waals surface area contributed by atoms with Crippen molar-refractivity contribution in [3.63, 3.8) is 0 Å². The van der Waals surface area contributed by atoms with Gasteiger partial charge in [-0.1, -0.05) is 59.6 Å². The molecule has 0 saturated heterocycles. The van der Waals surface area contributed by atoms with Crippen molar-refractivity contribution in [2.45, 2.75) is 51.3 Å². The van der Waals surface area contributed by atoms with Crippen LogP contribution in [0.25, 0.3) is 0 Å². The van der Waals surface area contributed by atoms with E-state index in [2.05, 4.69) is 5.32 Å². The lowest BCUT2D eigenvalue weighted by Crippen LogP contribution is -2.58. The average molecular weight is 453 g/mol. The quantitative estimate of drug-likeness (QED) is 0.474. The Hall–Kier alpha value is -1.79. The maximum absolute atomic E-state index is 12.0. The molecule has 5 nitrogen and oxygen atoms in total. The molecular weight excluding hydrogens is 423 g/mol. The van der Waals surface area contributed by atoms with Crippen LogP contribution in [0.5, 0.6) is 0 Å². The zero-order valence-electron chi connectivity index (χ0n) is 17.6. The van der Waals surface area contributed by atoms with Gasteiger partial charge in [-0.2, -0.15) is 0 Å². The van der Waals surface area contributed by atoms with Crippen LogP contribution >= 0.6 is 23.2 Å². The van der Waals surface area contributed by atoms with Crippen molar-refractivity contribution in [1.29, 1.82) is 0 Å². The number of amides is 1. The molecule has 0 aliphatic carbocycles. The van der Waals surface area contributed by atoms with Gasteiger partial charge in [-0.05, 0) is 63.4 Å². The SMILES string of the molecule is CC(C)(C)N(C(=O)O)[C@@H](Cc1ccccc1)[C@@H](O)CNCCc1ccc(Cl)c(Cl)c1. The first-order valence-corrected chi connectivity index (χ1v) is 10.7. The summed E-state index contributed by atoms with van der Waals surface area (Å²) in [7, 11) is 0. The van der Waals surface area contributed by atoms with E-state index in [0.717, 1.165) is 17.5 Å². The van der Waals surface area contributed by atoms with Gasteiger partial charge in [0.05, 0.1) is 22.2 Å². The molecule has 0 saturated carbocycles. The summed E-state index contributed by atoms with van der Waals surface area (Å²) in [6.45, 7) is 6.41. The molecule has 0 aromatic heterocycles. The summed E-state index contributed by atoms with van der Waals surface area (Å²) >= 11 is 12.0. The first-order valence-electron chi connectivity index (χ1n) is 9.98. The van der Waals surface area contributed by atoms with Gasteiger partial charge in [0, 0.05) is 12.1 Å². The van der Waals surface area contributed by atoms with Gasteiger partial charge >= 0.3 is 6.09 Å². The molecule has 2 aromatic rings. The lowest BCUT2D eigenvalue weighted by atomic mass is 9.94. The molecule has 7 heteroatoms. The Labute approximate surface area is 188 Å². The van der Waals surface area contributed by atoms with E-state index in [1.807, 2.05) is 63.2 Å². The number of hydrogen-bond acceptors (Lipinski definition) is 3. The molecule has 0 aliphatic heterocycles. The number of benzene rings is 2. The van der Waals surface area contributed by atoms with Gasteiger partial charge in [0.1, 0.15) is 0 Å². The fraction of sp³-hybridized carbons (Fsp3) is 0.435. The molecule has 0 spiro atoms. The Morgan fingerprint density at radius 1 is 1.07 bits per heavy atom. The minimum atomic E-state index is -1.04. The van der Waals surface area contributed by atoms with Crippen LogP contribution in [0.15, 0.2) is 48.5 Å². The van der Waals surface area contributed by atoms with Crippen LogP contribution < -0.4 is 5.32 Å². The highest BCUT2D eigenvalue weighted by molar-refractivity contribution is 6.42. The summed E-state index contributed by atoms with van der Waals surface area (Å²) < 4.78 is 0. The van der Waals surface area contributed by atoms with Gasteiger partial charge in [-0.3, -0.25) is 4.90 Å². The Morgan fingerprint density at radius 2 is 1.73 bits per heavy atom. The first kappa shape index (κ1) is 24.5. The highest BCUT2D eigenvalue weighted by Crippen LogP contribution is 2.24. The van der Waals surface area contributed by atoms with E-state index in [1.54, 1.807) is 6.07 Å². The van der Waals surface area contributed by atoms with Gasteiger partial charge in [0.2, 0.25) is 0 Å². The van der Waals surface area contributed by atoms with Gasteiger partial charge in [0.25, 0.3) is 0 Å². The maximum atomic E-state index is 12.0. The summed E-state index contributed by atoms with van der Waals surface area (Å²) in [6, 6.07) is 14.5. The summed E-state index contributed by atoms with van der Waals surface area (Å²) in [5, 5.41) is 25.0. The van der Waals surface area contributed by atoms with Gasteiger partial charge in [-0.15, -0.1) is 0 Å². The number of hydrogen-bond donors (Lipinski definition) is 3. The van der Waals surface area contributed by atoms with E-state index in [-0.39, 0.29) is 6.54 Å². The lowest BCUT2D eigenvalue weighted by molar-refractivity contribution is 0.00792. The minimum absolute atomic E-state index is 0.276. The lowest BCUT2D eigenvalue weighted by Gasteiger charge is -2.42. The number of carboxylic acid groups (broad SMARTS) is 1. The number of nitrogens with zero attached hydrogens (tertiary/aromatic N) is 1. The molecule has 1 amide bonds. The van der Waals surface area contributed by atoms with Crippen molar-refractivity contribution in [2.75, 3.05) is 13.1 Å². The number of rotatable bonds is 9. The maximum Gasteiger partial charge on any atom is 0.408 e.